The van der Waals surface area contributed by atoms with E-state index in [1.54, 1.807) is 6.07 Å². The van der Waals surface area contributed by atoms with Gasteiger partial charge in [-0.15, -0.1) is 0 Å². The Balaban J connectivity index is 1.81. The van der Waals surface area contributed by atoms with Gasteiger partial charge in [0.25, 0.3) is 5.91 Å². The van der Waals surface area contributed by atoms with Gasteiger partial charge in [-0.2, -0.15) is 0 Å². The summed E-state index contributed by atoms with van der Waals surface area (Å²) in [7, 11) is 0. The van der Waals surface area contributed by atoms with Crippen LogP contribution < -0.4 is 10.6 Å². The Hall–Kier alpha value is -2.56. The molecule has 2 N–H and O–H groups in total. The lowest BCUT2D eigenvalue weighted by Gasteiger charge is -2.05. The van der Waals surface area contributed by atoms with E-state index in [1.807, 2.05) is 30.3 Å². The van der Waals surface area contributed by atoms with Crippen LogP contribution in [0.15, 0.2) is 53.1 Å². The molecule has 0 saturated heterocycles. The maximum Gasteiger partial charge on any atom is 0.322 e. The second kappa shape index (κ2) is 5.67. The number of amides is 3. The molecule has 1 aromatic carbocycles. The van der Waals surface area contributed by atoms with Crippen molar-refractivity contribution >= 4 is 11.9 Å². The molecular formula is C13H12N2O3. The summed E-state index contributed by atoms with van der Waals surface area (Å²) in [5.41, 5.74) is 0.957. The fourth-order valence-electron chi connectivity index (χ4n) is 1.39. The van der Waals surface area contributed by atoms with Crippen LogP contribution in [0.1, 0.15) is 16.1 Å². The summed E-state index contributed by atoms with van der Waals surface area (Å²) >= 11 is 0. The zero-order chi connectivity index (χ0) is 12.8. The number of carbonyl (C=O) groups is 2. The molecule has 0 aliphatic rings. The summed E-state index contributed by atoms with van der Waals surface area (Å²) in [6.07, 6.45) is 1.37. The highest BCUT2D eigenvalue weighted by molar-refractivity contribution is 6.02. The van der Waals surface area contributed by atoms with E-state index in [-0.39, 0.29) is 5.76 Å². The number of nitrogens with one attached hydrogen (secondary N) is 2. The van der Waals surface area contributed by atoms with Crippen LogP contribution in [0.4, 0.5) is 4.79 Å². The zero-order valence-electron chi connectivity index (χ0n) is 9.55. The number of urea groups is 1. The molecule has 0 saturated carbocycles. The average molecular weight is 244 g/mol. The molecule has 18 heavy (non-hydrogen) atoms. The molecule has 2 rings (SSSR count). The van der Waals surface area contributed by atoms with Gasteiger partial charge in [-0.25, -0.2) is 4.79 Å². The van der Waals surface area contributed by atoms with Crippen LogP contribution in [-0.4, -0.2) is 11.9 Å². The van der Waals surface area contributed by atoms with Gasteiger partial charge in [0, 0.05) is 6.54 Å². The molecule has 0 spiro atoms. The number of rotatable bonds is 3. The molecular weight excluding hydrogens is 232 g/mol. The third kappa shape index (κ3) is 3.21. The third-order valence-electron chi connectivity index (χ3n) is 2.27. The number of furan rings is 1. The first kappa shape index (κ1) is 11.9. The van der Waals surface area contributed by atoms with E-state index in [9.17, 15) is 9.59 Å². The van der Waals surface area contributed by atoms with Gasteiger partial charge in [-0.1, -0.05) is 30.3 Å². The third-order valence-corrected chi connectivity index (χ3v) is 2.27. The molecule has 3 amide bonds. The van der Waals surface area contributed by atoms with Crippen molar-refractivity contribution in [2.75, 3.05) is 0 Å². The minimum absolute atomic E-state index is 0.102. The van der Waals surface area contributed by atoms with Crippen molar-refractivity contribution in [3.63, 3.8) is 0 Å². The van der Waals surface area contributed by atoms with Crippen LogP contribution in [0, 0.1) is 0 Å². The highest BCUT2D eigenvalue weighted by atomic mass is 16.3. The summed E-state index contributed by atoms with van der Waals surface area (Å²) in [6.45, 7) is 0.359. The topological polar surface area (TPSA) is 71.3 Å². The Bertz CT molecular complexity index is 520. The minimum Gasteiger partial charge on any atom is -0.459 e. The summed E-state index contributed by atoms with van der Waals surface area (Å²) < 4.78 is 4.87. The van der Waals surface area contributed by atoms with Gasteiger partial charge >= 0.3 is 6.03 Å². The molecule has 0 aliphatic heterocycles. The van der Waals surface area contributed by atoms with E-state index in [4.69, 9.17) is 4.42 Å². The summed E-state index contributed by atoms with van der Waals surface area (Å²) in [5, 5.41) is 4.75. The quantitative estimate of drug-likeness (QED) is 0.866. The Morgan fingerprint density at radius 1 is 1.06 bits per heavy atom. The van der Waals surface area contributed by atoms with Crippen molar-refractivity contribution < 1.29 is 14.0 Å². The van der Waals surface area contributed by atoms with E-state index in [2.05, 4.69) is 10.6 Å². The predicted octanol–water partition coefficient (Wildman–Crippen LogP) is 1.92. The van der Waals surface area contributed by atoms with Crippen LogP contribution in [0.5, 0.6) is 0 Å². The average Bonchev–Trinajstić information content (AvgIpc) is 2.91. The molecule has 92 valence electrons. The summed E-state index contributed by atoms with van der Waals surface area (Å²) in [5.74, 6) is -0.463. The van der Waals surface area contributed by atoms with Crippen molar-refractivity contribution in [2.24, 2.45) is 0 Å². The lowest BCUT2D eigenvalue weighted by atomic mass is 10.2. The molecule has 1 heterocycles. The number of hydrogen-bond donors (Lipinski definition) is 2. The van der Waals surface area contributed by atoms with Crippen molar-refractivity contribution in [1.82, 2.24) is 10.6 Å². The van der Waals surface area contributed by atoms with E-state index in [1.165, 1.54) is 12.3 Å². The van der Waals surface area contributed by atoms with Gasteiger partial charge in [-0.05, 0) is 17.7 Å². The molecule has 0 aliphatic carbocycles. The van der Waals surface area contributed by atoms with Gasteiger partial charge < -0.3 is 9.73 Å². The Morgan fingerprint density at radius 3 is 2.50 bits per heavy atom. The van der Waals surface area contributed by atoms with E-state index in [0.29, 0.717) is 6.54 Å². The second-order valence-corrected chi connectivity index (χ2v) is 3.60. The van der Waals surface area contributed by atoms with Crippen molar-refractivity contribution in [1.29, 1.82) is 0 Å². The van der Waals surface area contributed by atoms with Crippen LogP contribution in [0.3, 0.4) is 0 Å². The summed E-state index contributed by atoms with van der Waals surface area (Å²) in [4.78, 5) is 22.9. The molecule has 0 radical (unpaired) electrons. The highest BCUT2D eigenvalue weighted by Crippen LogP contribution is 1.99. The zero-order valence-corrected chi connectivity index (χ0v) is 9.55. The van der Waals surface area contributed by atoms with Crippen molar-refractivity contribution in [3.8, 4) is 0 Å². The van der Waals surface area contributed by atoms with E-state index in [0.717, 1.165) is 5.56 Å². The number of carbonyl (C=O) groups excluding carboxylic acids is 2. The fraction of sp³-hybridized carbons (Fsp3) is 0.0769. The maximum atomic E-state index is 11.5. The molecule has 0 atom stereocenters. The largest absolute Gasteiger partial charge is 0.459 e. The van der Waals surface area contributed by atoms with Gasteiger partial charge in [0.15, 0.2) is 5.76 Å². The Morgan fingerprint density at radius 2 is 1.83 bits per heavy atom. The smallest absolute Gasteiger partial charge is 0.322 e. The monoisotopic (exact) mass is 244 g/mol. The molecule has 5 heteroatoms. The van der Waals surface area contributed by atoms with Crippen LogP contribution in [-0.2, 0) is 6.54 Å². The first-order valence-corrected chi connectivity index (χ1v) is 5.42. The molecule has 2 aromatic rings. The maximum absolute atomic E-state index is 11.5. The molecule has 0 bridgehead atoms. The standard InChI is InChI=1S/C13H12N2O3/c16-12(11-7-4-8-18-11)15-13(17)14-9-10-5-2-1-3-6-10/h1-8H,9H2,(H2,14,15,16,17). The normalized spacial score (nSPS) is 9.78. The van der Waals surface area contributed by atoms with E-state index < -0.39 is 11.9 Å². The summed E-state index contributed by atoms with van der Waals surface area (Å²) in [6, 6.07) is 11.9. The second-order valence-electron chi connectivity index (χ2n) is 3.60. The molecule has 0 fully saturated rings. The predicted molar refractivity (Wildman–Crippen MR) is 64.9 cm³/mol. The molecule has 1 aromatic heterocycles. The lowest BCUT2D eigenvalue weighted by molar-refractivity contribution is 0.0936. The first-order valence-electron chi connectivity index (χ1n) is 5.42. The van der Waals surface area contributed by atoms with Crippen molar-refractivity contribution in [2.45, 2.75) is 6.54 Å². The number of benzene rings is 1. The van der Waals surface area contributed by atoms with Crippen LogP contribution in [0.25, 0.3) is 0 Å². The van der Waals surface area contributed by atoms with Gasteiger partial charge in [0.1, 0.15) is 0 Å². The lowest BCUT2D eigenvalue weighted by Crippen LogP contribution is -2.38. The molecule has 5 nitrogen and oxygen atoms in total. The Labute approximate surface area is 104 Å². The van der Waals surface area contributed by atoms with Gasteiger partial charge in [-0.3, -0.25) is 10.1 Å². The number of imide groups is 1. The van der Waals surface area contributed by atoms with Crippen molar-refractivity contribution in [3.05, 3.63) is 60.1 Å². The highest BCUT2D eigenvalue weighted by Gasteiger charge is 2.11. The van der Waals surface area contributed by atoms with Gasteiger partial charge in [0.05, 0.1) is 6.26 Å². The van der Waals surface area contributed by atoms with E-state index >= 15 is 0 Å². The fourth-order valence-corrected chi connectivity index (χ4v) is 1.39. The first-order chi connectivity index (χ1) is 8.75. The Kier molecular flexibility index (Phi) is 3.76. The van der Waals surface area contributed by atoms with Crippen LogP contribution >= 0.6 is 0 Å². The minimum atomic E-state index is -0.564. The van der Waals surface area contributed by atoms with Gasteiger partial charge in [0.2, 0.25) is 0 Å². The SMILES string of the molecule is O=C(NCc1ccccc1)NC(=O)c1ccco1. The molecule has 0 unspecified atom stereocenters. The van der Waals surface area contributed by atoms with Crippen LogP contribution in [0.2, 0.25) is 0 Å². The number of hydrogen-bond acceptors (Lipinski definition) is 3.